The minimum absolute atomic E-state index is 0.224. The zero-order valence-electron chi connectivity index (χ0n) is 14.2. The van der Waals surface area contributed by atoms with E-state index in [1.54, 1.807) is 0 Å². The Morgan fingerprint density at radius 1 is 1.21 bits per heavy atom. The molecule has 1 N–H and O–H groups in total. The lowest BCUT2D eigenvalue weighted by Crippen LogP contribution is -2.56. The Labute approximate surface area is 120 Å². The van der Waals surface area contributed by atoms with Gasteiger partial charge < -0.3 is 5.32 Å². The summed E-state index contributed by atoms with van der Waals surface area (Å²) in [4.78, 5) is 5.26. The van der Waals surface area contributed by atoms with Gasteiger partial charge in [0.1, 0.15) is 0 Å². The lowest BCUT2D eigenvalue weighted by Gasteiger charge is -2.44. The minimum Gasteiger partial charge on any atom is -0.312 e. The van der Waals surface area contributed by atoms with Crippen LogP contribution in [0.3, 0.4) is 0 Å². The number of rotatable bonds is 5. The highest BCUT2D eigenvalue weighted by molar-refractivity contribution is 4.84. The molecule has 1 saturated heterocycles. The van der Waals surface area contributed by atoms with Crippen LogP contribution in [0.2, 0.25) is 0 Å². The van der Waals surface area contributed by atoms with Gasteiger partial charge in [-0.1, -0.05) is 13.8 Å². The van der Waals surface area contributed by atoms with Crippen molar-refractivity contribution in [2.45, 2.75) is 66.1 Å². The van der Waals surface area contributed by atoms with Crippen LogP contribution in [0.4, 0.5) is 0 Å². The molecule has 0 saturated carbocycles. The van der Waals surface area contributed by atoms with E-state index in [-0.39, 0.29) is 5.54 Å². The van der Waals surface area contributed by atoms with Crippen molar-refractivity contribution in [1.82, 2.24) is 15.1 Å². The van der Waals surface area contributed by atoms with Crippen molar-refractivity contribution >= 4 is 0 Å². The lowest BCUT2D eigenvalue weighted by atomic mass is 9.98. The number of nitrogens with zero attached hydrogens (tertiary/aromatic N) is 2. The second-order valence-electron chi connectivity index (χ2n) is 7.32. The van der Waals surface area contributed by atoms with Crippen LogP contribution in [-0.4, -0.2) is 60.1 Å². The maximum Gasteiger partial charge on any atom is 0.0195 e. The first-order chi connectivity index (χ1) is 8.74. The third-order valence-corrected chi connectivity index (χ3v) is 4.56. The minimum atomic E-state index is 0.224. The fourth-order valence-electron chi connectivity index (χ4n) is 2.86. The van der Waals surface area contributed by atoms with E-state index in [0.717, 1.165) is 6.54 Å². The number of hydrogen-bond acceptors (Lipinski definition) is 3. The molecule has 0 bridgehead atoms. The van der Waals surface area contributed by atoms with Crippen molar-refractivity contribution in [3.8, 4) is 0 Å². The van der Waals surface area contributed by atoms with Gasteiger partial charge in [0.2, 0.25) is 0 Å². The Balaban J connectivity index is 2.42. The summed E-state index contributed by atoms with van der Waals surface area (Å²) < 4.78 is 0. The Morgan fingerprint density at radius 2 is 1.84 bits per heavy atom. The van der Waals surface area contributed by atoms with Gasteiger partial charge in [-0.2, -0.15) is 0 Å². The summed E-state index contributed by atoms with van der Waals surface area (Å²) >= 11 is 0. The van der Waals surface area contributed by atoms with Crippen molar-refractivity contribution in [2.24, 2.45) is 5.92 Å². The first-order valence-electron chi connectivity index (χ1n) is 7.97. The topological polar surface area (TPSA) is 18.5 Å². The molecule has 19 heavy (non-hydrogen) atoms. The summed E-state index contributed by atoms with van der Waals surface area (Å²) in [6.45, 7) is 22.1. The second-order valence-corrected chi connectivity index (χ2v) is 7.32. The van der Waals surface area contributed by atoms with Crippen LogP contribution in [0.25, 0.3) is 0 Å². The third kappa shape index (κ3) is 5.41. The van der Waals surface area contributed by atoms with Gasteiger partial charge in [0.25, 0.3) is 0 Å². The molecule has 1 aliphatic heterocycles. The van der Waals surface area contributed by atoms with E-state index >= 15 is 0 Å². The van der Waals surface area contributed by atoms with Gasteiger partial charge in [-0.25, -0.2) is 0 Å². The maximum absolute atomic E-state index is 3.64. The smallest absolute Gasteiger partial charge is 0.0195 e. The summed E-state index contributed by atoms with van der Waals surface area (Å²) in [5.74, 6) is 0.694. The van der Waals surface area contributed by atoms with Gasteiger partial charge in [-0.15, -0.1) is 0 Å². The van der Waals surface area contributed by atoms with Crippen molar-refractivity contribution < 1.29 is 0 Å². The van der Waals surface area contributed by atoms with Gasteiger partial charge in [0, 0.05) is 37.3 Å². The molecule has 3 unspecified atom stereocenters. The molecule has 0 aromatic rings. The quantitative estimate of drug-likeness (QED) is 0.827. The Hall–Kier alpha value is -0.120. The largest absolute Gasteiger partial charge is 0.312 e. The average molecular weight is 269 g/mol. The standard InChI is InChI=1S/C16H35N3/c1-8-18-9-10-19(12-14(18)3)15(4)13(2)11-17-16(5,6)7/h13-15,17H,8-12H2,1-7H3. The van der Waals surface area contributed by atoms with Gasteiger partial charge in [-0.3, -0.25) is 9.80 Å². The molecule has 114 valence electrons. The number of piperazine rings is 1. The van der Waals surface area contributed by atoms with Crippen LogP contribution >= 0.6 is 0 Å². The van der Waals surface area contributed by atoms with E-state index in [2.05, 4.69) is 63.6 Å². The number of hydrogen-bond donors (Lipinski definition) is 1. The third-order valence-electron chi connectivity index (χ3n) is 4.56. The first-order valence-corrected chi connectivity index (χ1v) is 7.97. The molecule has 1 heterocycles. The van der Waals surface area contributed by atoms with Gasteiger partial charge in [0.05, 0.1) is 0 Å². The average Bonchev–Trinajstić information content (AvgIpc) is 2.34. The molecule has 0 radical (unpaired) electrons. The van der Waals surface area contributed by atoms with E-state index in [1.165, 1.54) is 26.2 Å². The molecule has 1 aliphatic rings. The lowest BCUT2D eigenvalue weighted by molar-refractivity contribution is 0.0465. The molecule has 3 nitrogen and oxygen atoms in total. The molecule has 3 atom stereocenters. The van der Waals surface area contributed by atoms with Crippen LogP contribution in [0.1, 0.15) is 48.5 Å². The van der Waals surface area contributed by atoms with Crippen LogP contribution < -0.4 is 5.32 Å². The summed E-state index contributed by atoms with van der Waals surface area (Å²) in [7, 11) is 0. The van der Waals surface area contributed by atoms with Gasteiger partial charge in [0.15, 0.2) is 0 Å². The predicted octanol–water partition coefficient (Wildman–Crippen LogP) is 2.43. The SMILES string of the molecule is CCN1CCN(C(C)C(C)CNC(C)(C)C)CC1C. The summed E-state index contributed by atoms with van der Waals surface area (Å²) in [5, 5.41) is 3.64. The van der Waals surface area contributed by atoms with E-state index < -0.39 is 0 Å². The van der Waals surface area contributed by atoms with Crippen molar-refractivity contribution in [3.63, 3.8) is 0 Å². The van der Waals surface area contributed by atoms with Gasteiger partial charge in [-0.05, 0) is 53.6 Å². The van der Waals surface area contributed by atoms with E-state index in [4.69, 9.17) is 0 Å². The molecule has 0 aromatic heterocycles. The maximum atomic E-state index is 3.64. The Bertz CT molecular complexity index is 259. The molecular formula is C16H35N3. The van der Waals surface area contributed by atoms with Crippen molar-refractivity contribution in [1.29, 1.82) is 0 Å². The molecule has 0 amide bonds. The van der Waals surface area contributed by atoms with Crippen molar-refractivity contribution in [3.05, 3.63) is 0 Å². The fourth-order valence-corrected chi connectivity index (χ4v) is 2.86. The van der Waals surface area contributed by atoms with Crippen molar-refractivity contribution in [2.75, 3.05) is 32.7 Å². The van der Waals surface area contributed by atoms with Crippen LogP contribution in [0, 0.1) is 5.92 Å². The molecule has 0 aromatic carbocycles. The Kier molecular flexibility index (Phi) is 6.28. The molecular weight excluding hydrogens is 234 g/mol. The monoisotopic (exact) mass is 269 g/mol. The summed E-state index contributed by atoms with van der Waals surface area (Å²) in [6, 6.07) is 1.36. The van der Waals surface area contributed by atoms with E-state index in [9.17, 15) is 0 Å². The summed E-state index contributed by atoms with van der Waals surface area (Å²) in [6.07, 6.45) is 0. The number of likely N-dealkylation sites (N-methyl/N-ethyl adjacent to an activating group) is 1. The highest BCUT2D eigenvalue weighted by Crippen LogP contribution is 2.17. The zero-order chi connectivity index (χ0) is 14.6. The molecule has 0 aliphatic carbocycles. The first kappa shape index (κ1) is 16.9. The molecule has 1 rings (SSSR count). The fraction of sp³-hybridized carbons (Fsp3) is 1.00. The molecule has 0 spiro atoms. The Morgan fingerprint density at radius 3 is 2.32 bits per heavy atom. The normalized spacial score (nSPS) is 26.4. The second kappa shape index (κ2) is 7.05. The van der Waals surface area contributed by atoms with E-state index in [1.807, 2.05) is 0 Å². The highest BCUT2D eigenvalue weighted by Gasteiger charge is 2.28. The number of nitrogens with one attached hydrogen (secondary N) is 1. The van der Waals surface area contributed by atoms with Crippen LogP contribution in [0.5, 0.6) is 0 Å². The van der Waals surface area contributed by atoms with Gasteiger partial charge >= 0.3 is 0 Å². The molecule has 1 fully saturated rings. The van der Waals surface area contributed by atoms with Crippen LogP contribution in [-0.2, 0) is 0 Å². The van der Waals surface area contributed by atoms with E-state index in [0.29, 0.717) is 18.0 Å². The predicted molar refractivity (Wildman–Crippen MR) is 84.7 cm³/mol. The molecule has 3 heteroatoms. The highest BCUT2D eigenvalue weighted by atomic mass is 15.3. The summed E-state index contributed by atoms with van der Waals surface area (Å²) in [5.41, 5.74) is 0.224. The van der Waals surface area contributed by atoms with Crippen LogP contribution in [0.15, 0.2) is 0 Å². The zero-order valence-corrected chi connectivity index (χ0v) is 14.2.